The molecule has 98 valence electrons. The molecule has 1 aromatic rings. The topological polar surface area (TPSA) is 41.1 Å². The lowest BCUT2D eigenvalue weighted by molar-refractivity contribution is -0.130. The van der Waals surface area contributed by atoms with Gasteiger partial charge in [0.2, 0.25) is 5.91 Å². The maximum absolute atomic E-state index is 12.8. The van der Waals surface area contributed by atoms with Crippen LogP contribution in [-0.2, 0) is 11.3 Å². The molecule has 1 heterocycles. The van der Waals surface area contributed by atoms with Gasteiger partial charge in [-0.25, -0.2) is 4.39 Å². The van der Waals surface area contributed by atoms with Gasteiger partial charge in [-0.05, 0) is 37.1 Å². The summed E-state index contributed by atoms with van der Waals surface area (Å²) in [6.07, 6.45) is 1.73. The molecule has 0 aliphatic carbocycles. The van der Waals surface area contributed by atoms with Crippen LogP contribution in [0.4, 0.5) is 4.39 Å². The smallest absolute Gasteiger partial charge is 0.227 e. The fraction of sp³-hybridized carbons (Fsp3) is 0.500. The number of hydrogen-bond acceptors (Lipinski definition) is 2. The lowest BCUT2D eigenvalue weighted by Gasteiger charge is -2.25. The molecular weight excluding hydrogens is 231 g/mol. The van der Waals surface area contributed by atoms with E-state index in [1.54, 1.807) is 12.1 Å². The van der Waals surface area contributed by atoms with E-state index in [0.717, 1.165) is 31.5 Å². The number of carbonyl (C=O) groups excluding carboxylic acids is 1. The van der Waals surface area contributed by atoms with Gasteiger partial charge in [-0.2, -0.15) is 0 Å². The Labute approximate surface area is 107 Å². The highest BCUT2D eigenvalue weighted by molar-refractivity contribution is 5.83. The van der Waals surface area contributed by atoms with Crippen LogP contribution in [0.5, 0.6) is 0 Å². The van der Waals surface area contributed by atoms with Crippen LogP contribution < -0.4 is 10.6 Å². The summed E-state index contributed by atoms with van der Waals surface area (Å²) in [6, 6.07) is 6.21. The zero-order valence-corrected chi connectivity index (χ0v) is 10.6. The Kier molecular flexibility index (Phi) is 3.97. The average Bonchev–Trinajstić information content (AvgIpc) is 2.88. The zero-order valence-electron chi connectivity index (χ0n) is 10.6. The van der Waals surface area contributed by atoms with Gasteiger partial charge in [-0.1, -0.05) is 19.1 Å². The summed E-state index contributed by atoms with van der Waals surface area (Å²) in [5.41, 5.74) is 0.655. The number of rotatable bonds is 4. The molecule has 0 spiro atoms. The second-order valence-corrected chi connectivity index (χ2v) is 4.87. The molecule has 1 amide bonds. The minimum Gasteiger partial charge on any atom is -0.352 e. The molecule has 2 N–H and O–H groups in total. The Morgan fingerprint density at radius 2 is 2.17 bits per heavy atom. The van der Waals surface area contributed by atoms with E-state index in [1.807, 2.05) is 6.92 Å². The van der Waals surface area contributed by atoms with E-state index >= 15 is 0 Å². The summed E-state index contributed by atoms with van der Waals surface area (Å²) >= 11 is 0. The Morgan fingerprint density at radius 1 is 1.44 bits per heavy atom. The molecule has 18 heavy (non-hydrogen) atoms. The van der Waals surface area contributed by atoms with Crippen molar-refractivity contribution >= 4 is 5.91 Å². The minimum absolute atomic E-state index is 0.0966. The van der Waals surface area contributed by atoms with E-state index in [1.165, 1.54) is 12.1 Å². The number of amides is 1. The molecule has 0 unspecified atom stereocenters. The summed E-state index contributed by atoms with van der Waals surface area (Å²) in [4.78, 5) is 12.2. The van der Waals surface area contributed by atoms with Gasteiger partial charge in [0.05, 0.1) is 5.41 Å². The van der Waals surface area contributed by atoms with E-state index in [0.29, 0.717) is 6.54 Å². The van der Waals surface area contributed by atoms with Gasteiger partial charge in [-0.3, -0.25) is 4.79 Å². The van der Waals surface area contributed by atoms with Crippen molar-refractivity contribution in [1.29, 1.82) is 0 Å². The number of benzene rings is 1. The highest BCUT2D eigenvalue weighted by Gasteiger charge is 2.39. The standard InChI is InChI=1S/C14H19FN2O/c1-2-14(7-8-16-10-14)13(18)17-9-11-3-5-12(15)6-4-11/h3-6,16H,2,7-10H2,1H3,(H,17,18)/t14-/m0/s1. The Balaban J connectivity index is 1.93. The van der Waals surface area contributed by atoms with E-state index in [9.17, 15) is 9.18 Å². The predicted octanol–water partition coefficient (Wildman–Crippen LogP) is 1.83. The van der Waals surface area contributed by atoms with Crippen molar-refractivity contribution in [2.24, 2.45) is 5.41 Å². The summed E-state index contributed by atoms with van der Waals surface area (Å²) in [6.45, 7) is 4.15. The molecule has 1 saturated heterocycles. The molecule has 3 nitrogen and oxygen atoms in total. The quantitative estimate of drug-likeness (QED) is 0.856. The molecule has 4 heteroatoms. The second kappa shape index (κ2) is 5.48. The highest BCUT2D eigenvalue weighted by Crippen LogP contribution is 2.29. The summed E-state index contributed by atoms with van der Waals surface area (Å²) in [5.74, 6) is -0.158. The van der Waals surface area contributed by atoms with Gasteiger partial charge in [0, 0.05) is 13.1 Å². The molecule has 0 aromatic heterocycles. The van der Waals surface area contributed by atoms with Crippen LogP contribution in [0.15, 0.2) is 24.3 Å². The van der Waals surface area contributed by atoms with Crippen LogP contribution in [-0.4, -0.2) is 19.0 Å². The maximum atomic E-state index is 12.8. The van der Waals surface area contributed by atoms with Crippen molar-refractivity contribution in [1.82, 2.24) is 10.6 Å². The van der Waals surface area contributed by atoms with Gasteiger partial charge >= 0.3 is 0 Å². The monoisotopic (exact) mass is 250 g/mol. The van der Waals surface area contributed by atoms with Crippen LogP contribution in [0.3, 0.4) is 0 Å². The van der Waals surface area contributed by atoms with Gasteiger partial charge in [0.1, 0.15) is 5.82 Å². The summed E-state index contributed by atoms with van der Waals surface area (Å²) < 4.78 is 12.8. The summed E-state index contributed by atoms with van der Waals surface area (Å²) in [5, 5.41) is 6.19. The van der Waals surface area contributed by atoms with Gasteiger partial charge < -0.3 is 10.6 Å². The van der Waals surface area contributed by atoms with Gasteiger partial charge in [0.15, 0.2) is 0 Å². The van der Waals surface area contributed by atoms with Gasteiger partial charge in [0.25, 0.3) is 0 Å². The lowest BCUT2D eigenvalue weighted by atomic mass is 9.83. The fourth-order valence-electron chi connectivity index (χ4n) is 2.37. The van der Waals surface area contributed by atoms with E-state index in [4.69, 9.17) is 0 Å². The molecular formula is C14H19FN2O. The van der Waals surface area contributed by atoms with Crippen molar-refractivity contribution in [3.8, 4) is 0 Å². The van der Waals surface area contributed by atoms with Crippen molar-refractivity contribution in [2.75, 3.05) is 13.1 Å². The Morgan fingerprint density at radius 3 is 2.72 bits per heavy atom. The van der Waals surface area contributed by atoms with Crippen LogP contribution in [0, 0.1) is 11.2 Å². The van der Waals surface area contributed by atoms with Crippen molar-refractivity contribution in [3.63, 3.8) is 0 Å². The average molecular weight is 250 g/mol. The molecule has 1 aliphatic rings. The normalized spacial score (nSPS) is 23.0. The van der Waals surface area contributed by atoms with Crippen LogP contribution in [0.2, 0.25) is 0 Å². The van der Waals surface area contributed by atoms with Gasteiger partial charge in [-0.15, -0.1) is 0 Å². The molecule has 1 fully saturated rings. The van der Waals surface area contributed by atoms with E-state index < -0.39 is 0 Å². The molecule has 1 aromatic carbocycles. The fourth-order valence-corrected chi connectivity index (χ4v) is 2.37. The van der Waals surface area contributed by atoms with Crippen LogP contribution in [0.25, 0.3) is 0 Å². The minimum atomic E-state index is -0.264. The molecule has 1 atom stereocenters. The molecule has 0 bridgehead atoms. The first kappa shape index (κ1) is 13.0. The van der Waals surface area contributed by atoms with Crippen molar-refractivity contribution < 1.29 is 9.18 Å². The van der Waals surface area contributed by atoms with Crippen LogP contribution in [0.1, 0.15) is 25.3 Å². The zero-order chi connectivity index (χ0) is 13.0. The third-order valence-corrected chi connectivity index (χ3v) is 3.77. The SMILES string of the molecule is CC[C@]1(C(=O)NCc2ccc(F)cc2)CCNC1. The highest BCUT2D eigenvalue weighted by atomic mass is 19.1. The first-order valence-corrected chi connectivity index (χ1v) is 6.40. The summed E-state index contributed by atoms with van der Waals surface area (Å²) in [7, 11) is 0. The second-order valence-electron chi connectivity index (χ2n) is 4.87. The van der Waals surface area contributed by atoms with E-state index in [2.05, 4.69) is 10.6 Å². The van der Waals surface area contributed by atoms with Crippen molar-refractivity contribution in [2.45, 2.75) is 26.3 Å². The van der Waals surface area contributed by atoms with Crippen LogP contribution >= 0.6 is 0 Å². The maximum Gasteiger partial charge on any atom is 0.227 e. The first-order valence-electron chi connectivity index (χ1n) is 6.40. The molecule has 0 radical (unpaired) electrons. The first-order chi connectivity index (χ1) is 8.66. The predicted molar refractivity (Wildman–Crippen MR) is 68.5 cm³/mol. The molecule has 2 rings (SSSR count). The Hall–Kier alpha value is -1.42. The number of halogens is 1. The van der Waals surface area contributed by atoms with E-state index in [-0.39, 0.29) is 17.1 Å². The third kappa shape index (κ3) is 2.70. The number of carbonyl (C=O) groups is 1. The Bertz CT molecular complexity index is 410. The number of hydrogen-bond donors (Lipinski definition) is 2. The van der Waals surface area contributed by atoms with Crippen molar-refractivity contribution in [3.05, 3.63) is 35.6 Å². The lowest BCUT2D eigenvalue weighted by Crippen LogP contribution is -2.41. The molecule has 0 saturated carbocycles. The largest absolute Gasteiger partial charge is 0.352 e. The third-order valence-electron chi connectivity index (χ3n) is 3.77. The molecule has 1 aliphatic heterocycles. The number of nitrogens with one attached hydrogen (secondary N) is 2.